The molecule has 18 heavy (non-hydrogen) atoms. The van der Waals surface area contributed by atoms with E-state index < -0.39 is 24.9 Å². The van der Waals surface area contributed by atoms with Gasteiger partial charge in [-0.3, -0.25) is 4.79 Å². The number of hydrogen-bond acceptors (Lipinski definition) is 4. The Hall–Kier alpha value is -2.18. The Morgan fingerprint density at radius 1 is 1.56 bits per heavy atom. The van der Waals surface area contributed by atoms with Crippen molar-refractivity contribution in [1.29, 1.82) is 0 Å². The molecule has 1 fully saturated rings. The van der Waals surface area contributed by atoms with Gasteiger partial charge in [0.05, 0.1) is 18.7 Å². The lowest BCUT2D eigenvalue weighted by Crippen LogP contribution is -2.56. The number of carbonyl (C=O) groups excluding carboxylic acids is 1. The van der Waals surface area contributed by atoms with Crippen LogP contribution in [0.15, 0.2) is 16.5 Å². The molecule has 93 valence electrons. The molecule has 1 radical (unpaired) electrons. The van der Waals surface area contributed by atoms with Crippen LogP contribution >= 0.6 is 0 Å². The molecule has 1 aromatic heterocycles. The summed E-state index contributed by atoms with van der Waals surface area (Å²) in [6, 6.07) is 5.75. The minimum Gasteiger partial charge on any atom is -0.423 e. The smallest absolute Gasteiger partial charge is 0.298 e. The minimum atomic E-state index is -2.71. The Kier molecular flexibility index (Phi) is 2.07. The highest BCUT2D eigenvalue weighted by Crippen LogP contribution is 2.33. The number of amides is 1. The Balaban J connectivity index is 2.02. The summed E-state index contributed by atoms with van der Waals surface area (Å²) in [6.45, 7) is -0.870. The van der Waals surface area contributed by atoms with Crippen molar-refractivity contribution in [2.24, 2.45) is 5.73 Å². The van der Waals surface area contributed by atoms with Gasteiger partial charge in [-0.25, -0.2) is 8.78 Å². The van der Waals surface area contributed by atoms with E-state index in [-0.39, 0.29) is 17.1 Å². The summed E-state index contributed by atoms with van der Waals surface area (Å²) < 4.78 is 30.8. The molecule has 0 atom stereocenters. The van der Waals surface area contributed by atoms with Crippen LogP contribution in [-0.2, 0) is 0 Å². The number of halogens is 2. The molecular weight excluding hydrogens is 244 g/mol. The molecule has 2 heterocycles. The van der Waals surface area contributed by atoms with Crippen molar-refractivity contribution in [1.82, 2.24) is 4.98 Å². The molecule has 0 bridgehead atoms. The quantitative estimate of drug-likeness (QED) is 0.871. The number of fused-ring (bicyclic) bond motifs is 1. The molecule has 1 amide bonds. The normalized spacial score (nSPS) is 17.8. The van der Waals surface area contributed by atoms with Crippen LogP contribution in [0.4, 0.5) is 14.8 Å². The molecule has 3 rings (SSSR count). The number of alkyl halides is 2. The monoisotopic (exact) mass is 252 g/mol. The molecule has 0 spiro atoms. The fraction of sp³-hybridized carbons (Fsp3) is 0.273. The molecule has 0 saturated carbocycles. The first-order valence-electron chi connectivity index (χ1n) is 5.20. The van der Waals surface area contributed by atoms with E-state index in [9.17, 15) is 13.6 Å². The summed E-state index contributed by atoms with van der Waals surface area (Å²) in [4.78, 5) is 16.5. The summed E-state index contributed by atoms with van der Waals surface area (Å²) in [6.07, 6.45) is 0. The number of oxazole rings is 1. The van der Waals surface area contributed by atoms with Gasteiger partial charge in [0.25, 0.3) is 17.8 Å². The van der Waals surface area contributed by atoms with Crippen molar-refractivity contribution in [2.75, 3.05) is 18.0 Å². The third kappa shape index (κ3) is 1.59. The van der Waals surface area contributed by atoms with Gasteiger partial charge in [0.15, 0.2) is 5.58 Å². The number of rotatable bonds is 2. The molecule has 0 unspecified atom stereocenters. The van der Waals surface area contributed by atoms with E-state index in [0.29, 0.717) is 5.58 Å². The van der Waals surface area contributed by atoms with E-state index in [1.54, 1.807) is 6.07 Å². The second-order valence-corrected chi connectivity index (χ2v) is 4.14. The van der Waals surface area contributed by atoms with Crippen molar-refractivity contribution in [3.8, 4) is 0 Å². The standard InChI is InChI=1S/C11H8F2N3O2/c12-11(13)4-16(5-11)10-15-8-6(9(14)17)2-1-3-7(8)18-10/h1,3H,4-5H2,(H2,14,17). The zero-order chi connectivity index (χ0) is 12.9. The number of benzene rings is 1. The Morgan fingerprint density at radius 2 is 2.28 bits per heavy atom. The summed E-state index contributed by atoms with van der Waals surface area (Å²) >= 11 is 0. The van der Waals surface area contributed by atoms with Gasteiger partial charge in [0.1, 0.15) is 5.52 Å². The van der Waals surface area contributed by atoms with Crippen LogP contribution in [0, 0.1) is 6.07 Å². The molecule has 0 aliphatic carbocycles. The van der Waals surface area contributed by atoms with Gasteiger partial charge in [-0.05, 0) is 18.2 Å². The van der Waals surface area contributed by atoms with Crippen LogP contribution in [0.3, 0.4) is 0 Å². The Morgan fingerprint density at radius 3 is 2.89 bits per heavy atom. The van der Waals surface area contributed by atoms with Crippen molar-refractivity contribution in [3.63, 3.8) is 0 Å². The maximum Gasteiger partial charge on any atom is 0.298 e. The van der Waals surface area contributed by atoms with Gasteiger partial charge in [0.2, 0.25) is 0 Å². The zero-order valence-corrected chi connectivity index (χ0v) is 9.11. The average molecular weight is 252 g/mol. The van der Waals surface area contributed by atoms with Crippen molar-refractivity contribution in [3.05, 3.63) is 23.8 Å². The van der Waals surface area contributed by atoms with E-state index >= 15 is 0 Å². The minimum absolute atomic E-state index is 0.0676. The fourth-order valence-corrected chi connectivity index (χ4v) is 1.85. The SMILES string of the molecule is NC(=O)c1[c]ccc2oc(N3CC(F)(F)C3)nc12. The van der Waals surface area contributed by atoms with E-state index in [1.165, 1.54) is 11.0 Å². The Bertz CT molecular complexity index is 630. The maximum atomic E-state index is 12.7. The third-order valence-corrected chi connectivity index (χ3v) is 2.70. The van der Waals surface area contributed by atoms with Crippen molar-refractivity contribution < 1.29 is 18.0 Å². The summed E-state index contributed by atoms with van der Waals surface area (Å²) in [5.41, 5.74) is 5.83. The van der Waals surface area contributed by atoms with Gasteiger partial charge in [-0.2, -0.15) is 4.98 Å². The predicted molar refractivity (Wildman–Crippen MR) is 58.5 cm³/mol. The van der Waals surface area contributed by atoms with Crippen molar-refractivity contribution in [2.45, 2.75) is 5.92 Å². The molecule has 2 N–H and O–H groups in total. The molecule has 1 aliphatic rings. The number of anilines is 1. The topological polar surface area (TPSA) is 72.4 Å². The molecule has 1 saturated heterocycles. The maximum absolute atomic E-state index is 12.7. The van der Waals surface area contributed by atoms with Crippen molar-refractivity contribution >= 4 is 23.0 Å². The zero-order valence-electron chi connectivity index (χ0n) is 9.11. The lowest BCUT2D eigenvalue weighted by Gasteiger charge is -2.37. The number of aromatic nitrogens is 1. The molecule has 7 heteroatoms. The lowest BCUT2D eigenvalue weighted by atomic mass is 10.2. The fourth-order valence-electron chi connectivity index (χ4n) is 1.85. The first-order chi connectivity index (χ1) is 8.46. The summed E-state index contributed by atoms with van der Waals surface area (Å²) in [5.74, 6) is -3.39. The number of primary amides is 1. The van der Waals surface area contributed by atoms with E-state index in [1.807, 2.05) is 0 Å². The number of nitrogens with two attached hydrogens (primary N) is 1. The van der Waals surface area contributed by atoms with Gasteiger partial charge in [-0.15, -0.1) is 0 Å². The number of nitrogens with zero attached hydrogens (tertiary/aromatic N) is 2. The molecule has 2 aromatic rings. The van der Waals surface area contributed by atoms with E-state index in [0.717, 1.165) is 0 Å². The summed E-state index contributed by atoms with van der Waals surface area (Å²) in [7, 11) is 0. The van der Waals surface area contributed by atoms with Crippen LogP contribution in [0.5, 0.6) is 0 Å². The van der Waals surface area contributed by atoms with Crippen LogP contribution < -0.4 is 10.6 Å². The van der Waals surface area contributed by atoms with Gasteiger partial charge in [0, 0.05) is 0 Å². The molecule has 1 aromatic carbocycles. The third-order valence-electron chi connectivity index (χ3n) is 2.70. The largest absolute Gasteiger partial charge is 0.423 e. The lowest BCUT2D eigenvalue weighted by molar-refractivity contribution is -0.0287. The van der Waals surface area contributed by atoms with E-state index in [4.69, 9.17) is 10.2 Å². The second kappa shape index (κ2) is 3.41. The number of carbonyl (C=O) groups is 1. The van der Waals surface area contributed by atoms with Gasteiger partial charge in [-0.1, -0.05) is 0 Å². The number of hydrogen-bond donors (Lipinski definition) is 1. The highest BCUT2D eigenvalue weighted by molar-refractivity contribution is 6.03. The molecule has 5 nitrogen and oxygen atoms in total. The Labute approximate surface area is 100 Å². The molecular formula is C11H8F2N3O2. The van der Waals surface area contributed by atoms with Crippen LogP contribution in [0.1, 0.15) is 10.4 Å². The molecule has 1 aliphatic heterocycles. The first kappa shape index (κ1) is 10.9. The average Bonchev–Trinajstić information content (AvgIpc) is 2.68. The van der Waals surface area contributed by atoms with Crippen LogP contribution in [0.2, 0.25) is 0 Å². The van der Waals surface area contributed by atoms with Crippen LogP contribution in [0.25, 0.3) is 11.1 Å². The highest BCUT2D eigenvalue weighted by Gasteiger charge is 2.46. The van der Waals surface area contributed by atoms with Crippen LogP contribution in [-0.4, -0.2) is 29.9 Å². The van der Waals surface area contributed by atoms with Gasteiger partial charge < -0.3 is 15.1 Å². The van der Waals surface area contributed by atoms with Gasteiger partial charge >= 0.3 is 0 Å². The second-order valence-electron chi connectivity index (χ2n) is 4.14. The first-order valence-corrected chi connectivity index (χ1v) is 5.20. The highest BCUT2D eigenvalue weighted by atomic mass is 19.3. The summed E-state index contributed by atoms with van der Waals surface area (Å²) in [5, 5.41) is 0. The predicted octanol–water partition coefficient (Wildman–Crippen LogP) is 1.18. The van der Waals surface area contributed by atoms with E-state index in [2.05, 4.69) is 11.1 Å².